The minimum Gasteiger partial charge on any atom is -0.349 e. The second kappa shape index (κ2) is 6.75. The predicted octanol–water partition coefficient (Wildman–Crippen LogP) is 3.21. The summed E-state index contributed by atoms with van der Waals surface area (Å²) in [5, 5.41) is 2.84. The van der Waals surface area contributed by atoms with Crippen LogP contribution in [0.25, 0.3) is 0 Å². The number of hydrogen-bond acceptors (Lipinski definition) is 3. The van der Waals surface area contributed by atoms with E-state index in [4.69, 9.17) is 10.7 Å². The number of amides is 1. The molecule has 0 radical (unpaired) electrons. The van der Waals surface area contributed by atoms with E-state index in [0.717, 1.165) is 56.7 Å². The summed E-state index contributed by atoms with van der Waals surface area (Å²) in [5.41, 5.74) is -0.0292. The monoisotopic (exact) mass is 333 g/mol. The number of rotatable bonds is 3. The Balaban J connectivity index is 2.17. The Hall–Kier alpha value is -1.14. The lowest BCUT2D eigenvalue weighted by molar-refractivity contribution is 0.0932. The maximum atomic E-state index is 13.5. The van der Waals surface area contributed by atoms with E-state index in [0.29, 0.717) is 0 Å². The SMILES string of the molecule is O=C(NC1CCCCCC1)c1cc(F)cc(S(=O)(=O)Cl)c1. The van der Waals surface area contributed by atoms with Gasteiger partial charge in [0.25, 0.3) is 15.0 Å². The van der Waals surface area contributed by atoms with Crippen LogP contribution in [-0.4, -0.2) is 20.4 Å². The molecule has 1 aliphatic rings. The molecule has 0 unspecified atom stereocenters. The fourth-order valence-corrected chi connectivity index (χ4v) is 3.32. The van der Waals surface area contributed by atoms with Crippen LogP contribution in [0, 0.1) is 5.82 Å². The van der Waals surface area contributed by atoms with Crippen molar-refractivity contribution in [2.45, 2.75) is 49.5 Å². The molecule has 116 valence electrons. The lowest BCUT2D eigenvalue weighted by atomic mass is 10.1. The highest BCUT2D eigenvalue weighted by atomic mass is 35.7. The van der Waals surface area contributed by atoms with Gasteiger partial charge in [-0.1, -0.05) is 25.7 Å². The summed E-state index contributed by atoms with van der Waals surface area (Å²) in [7, 11) is 1.13. The Kier molecular flexibility index (Phi) is 5.22. The maximum Gasteiger partial charge on any atom is 0.261 e. The van der Waals surface area contributed by atoms with Gasteiger partial charge >= 0.3 is 0 Å². The topological polar surface area (TPSA) is 63.2 Å². The lowest BCUT2D eigenvalue weighted by Crippen LogP contribution is -2.34. The average Bonchev–Trinajstić information content (AvgIpc) is 2.65. The number of hydrogen-bond donors (Lipinski definition) is 1. The summed E-state index contributed by atoms with van der Waals surface area (Å²) in [6, 6.07) is 2.96. The molecule has 0 saturated heterocycles. The lowest BCUT2D eigenvalue weighted by Gasteiger charge is -2.16. The van der Waals surface area contributed by atoms with Crippen LogP contribution in [0.1, 0.15) is 48.9 Å². The zero-order valence-electron chi connectivity index (χ0n) is 11.4. The molecule has 0 aliphatic heterocycles. The highest BCUT2D eigenvalue weighted by molar-refractivity contribution is 8.13. The third kappa shape index (κ3) is 4.68. The Bertz CT molecular complexity index is 625. The molecule has 0 heterocycles. The van der Waals surface area contributed by atoms with E-state index in [1.54, 1.807) is 0 Å². The molecule has 1 fully saturated rings. The Morgan fingerprint density at radius 1 is 1.14 bits per heavy atom. The third-order valence-electron chi connectivity index (χ3n) is 3.61. The second-order valence-electron chi connectivity index (χ2n) is 5.28. The third-order valence-corrected chi connectivity index (χ3v) is 4.94. The number of carbonyl (C=O) groups is 1. The predicted molar refractivity (Wildman–Crippen MR) is 78.4 cm³/mol. The van der Waals surface area contributed by atoms with Crippen molar-refractivity contribution in [3.8, 4) is 0 Å². The fraction of sp³-hybridized carbons (Fsp3) is 0.500. The van der Waals surface area contributed by atoms with Gasteiger partial charge in [-0.05, 0) is 31.0 Å². The Morgan fingerprint density at radius 2 is 1.76 bits per heavy atom. The quantitative estimate of drug-likeness (QED) is 0.682. The van der Waals surface area contributed by atoms with Crippen molar-refractivity contribution in [2.24, 2.45) is 0 Å². The molecular weight excluding hydrogens is 317 g/mol. The molecular formula is C14H17ClFNO3S. The van der Waals surface area contributed by atoms with E-state index in [-0.39, 0.29) is 11.6 Å². The highest BCUT2D eigenvalue weighted by Crippen LogP contribution is 2.20. The van der Waals surface area contributed by atoms with Gasteiger partial charge in [0, 0.05) is 22.3 Å². The van der Waals surface area contributed by atoms with E-state index in [9.17, 15) is 17.6 Å². The largest absolute Gasteiger partial charge is 0.349 e. The highest BCUT2D eigenvalue weighted by Gasteiger charge is 2.19. The first-order valence-electron chi connectivity index (χ1n) is 6.92. The van der Waals surface area contributed by atoms with Gasteiger partial charge in [-0.2, -0.15) is 0 Å². The molecule has 1 saturated carbocycles. The van der Waals surface area contributed by atoms with Crippen molar-refractivity contribution in [1.82, 2.24) is 5.32 Å². The first-order chi connectivity index (χ1) is 9.86. The van der Waals surface area contributed by atoms with Crippen LogP contribution in [0.15, 0.2) is 23.1 Å². The summed E-state index contributed by atoms with van der Waals surface area (Å²) < 4.78 is 36.0. The summed E-state index contributed by atoms with van der Waals surface area (Å²) >= 11 is 0. The van der Waals surface area contributed by atoms with Crippen LogP contribution < -0.4 is 5.32 Å². The molecule has 7 heteroatoms. The Labute approximate surface area is 128 Å². The molecule has 0 bridgehead atoms. The molecule has 4 nitrogen and oxygen atoms in total. The minimum atomic E-state index is -4.07. The average molecular weight is 334 g/mol. The smallest absolute Gasteiger partial charge is 0.261 e. The number of halogens is 2. The summed E-state index contributed by atoms with van der Waals surface area (Å²) in [6.45, 7) is 0. The second-order valence-corrected chi connectivity index (χ2v) is 7.84. The van der Waals surface area contributed by atoms with E-state index in [2.05, 4.69) is 5.32 Å². The summed E-state index contributed by atoms with van der Waals surface area (Å²) in [5.74, 6) is -1.27. The van der Waals surface area contributed by atoms with Gasteiger partial charge in [0.05, 0.1) is 4.90 Å². The van der Waals surface area contributed by atoms with E-state index in [1.165, 1.54) is 0 Å². The maximum absolute atomic E-state index is 13.5. The van der Waals surface area contributed by atoms with Crippen molar-refractivity contribution in [2.75, 3.05) is 0 Å². The van der Waals surface area contributed by atoms with Gasteiger partial charge in [0.1, 0.15) is 5.82 Å². The van der Waals surface area contributed by atoms with Crippen molar-refractivity contribution < 1.29 is 17.6 Å². The molecule has 1 amide bonds. The zero-order chi connectivity index (χ0) is 15.5. The van der Waals surface area contributed by atoms with Crippen molar-refractivity contribution in [3.05, 3.63) is 29.6 Å². The molecule has 21 heavy (non-hydrogen) atoms. The van der Waals surface area contributed by atoms with Gasteiger partial charge in [-0.25, -0.2) is 12.8 Å². The van der Waals surface area contributed by atoms with Crippen molar-refractivity contribution >= 4 is 25.6 Å². The van der Waals surface area contributed by atoms with Crippen molar-refractivity contribution in [3.63, 3.8) is 0 Å². The van der Waals surface area contributed by atoms with Crippen LogP contribution in [-0.2, 0) is 9.05 Å². The molecule has 2 rings (SSSR count). The zero-order valence-corrected chi connectivity index (χ0v) is 13.0. The van der Waals surface area contributed by atoms with Gasteiger partial charge in [-0.15, -0.1) is 0 Å². The molecule has 1 aromatic rings. The van der Waals surface area contributed by atoms with Gasteiger partial charge < -0.3 is 5.32 Å². The molecule has 1 aliphatic carbocycles. The van der Waals surface area contributed by atoms with E-state index < -0.39 is 25.7 Å². The van der Waals surface area contributed by atoms with Crippen molar-refractivity contribution in [1.29, 1.82) is 0 Å². The van der Waals surface area contributed by atoms with Gasteiger partial charge in [0.2, 0.25) is 0 Å². The van der Waals surface area contributed by atoms with E-state index >= 15 is 0 Å². The molecule has 0 spiro atoms. The normalized spacial score (nSPS) is 17.2. The summed E-state index contributed by atoms with van der Waals surface area (Å²) in [4.78, 5) is 11.7. The van der Waals surface area contributed by atoms with Crippen LogP contribution in [0.5, 0.6) is 0 Å². The first kappa shape index (κ1) is 16.2. The van der Waals surface area contributed by atoms with Gasteiger partial charge in [0.15, 0.2) is 0 Å². The van der Waals surface area contributed by atoms with Crippen LogP contribution >= 0.6 is 10.7 Å². The number of nitrogens with one attached hydrogen (secondary N) is 1. The minimum absolute atomic E-state index is 0.0292. The summed E-state index contributed by atoms with van der Waals surface area (Å²) in [6.07, 6.45) is 6.19. The fourth-order valence-electron chi connectivity index (χ4n) is 2.53. The van der Waals surface area contributed by atoms with Crippen LogP contribution in [0.4, 0.5) is 4.39 Å². The van der Waals surface area contributed by atoms with Gasteiger partial charge in [-0.3, -0.25) is 4.79 Å². The molecule has 0 atom stereocenters. The number of benzene rings is 1. The van der Waals surface area contributed by atoms with Crippen LogP contribution in [0.3, 0.4) is 0 Å². The molecule has 1 N–H and O–H groups in total. The number of carbonyl (C=O) groups excluding carboxylic acids is 1. The van der Waals surface area contributed by atoms with E-state index in [1.807, 2.05) is 0 Å². The Morgan fingerprint density at radius 3 is 2.33 bits per heavy atom. The standard InChI is InChI=1S/C14H17ClFNO3S/c15-21(19,20)13-8-10(7-11(16)9-13)14(18)17-12-5-3-1-2-4-6-12/h7-9,12H,1-6H2,(H,17,18). The van der Waals surface area contributed by atoms with Crippen LogP contribution in [0.2, 0.25) is 0 Å². The first-order valence-corrected chi connectivity index (χ1v) is 9.23. The molecule has 0 aromatic heterocycles. The molecule has 1 aromatic carbocycles.